The summed E-state index contributed by atoms with van der Waals surface area (Å²) in [4.78, 5) is 4.55. The Morgan fingerprint density at radius 3 is 2.89 bits per heavy atom. The highest BCUT2D eigenvalue weighted by molar-refractivity contribution is 5.56. The smallest absolute Gasteiger partial charge is 0.146 e. The molecule has 1 aromatic rings. The van der Waals surface area contributed by atoms with E-state index in [4.69, 9.17) is 0 Å². The molecule has 1 aliphatic heterocycles. The van der Waals surface area contributed by atoms with Crippen LogP contribution in [0.5, 0.6) is 0 Å². The van der Waals surface area contributed by atoms with Gasteiger partial charge in [-0.3, -0.25) is 0 Å². The number of nitrogens with one attached hydrogen (secondary N) is 1. The van der Waals surface area contributed by atoms with E-state index in [1.165, 1.54) is 0 Å². The number of anilines is 1. The molecule has 0 spiro atoms. The van der Waals surface area contributed by atoms with Crippen LogP contribution in [0.2, 0.25) is 0 Å². The lowest BCUT2D eigenvalue weighted by atomic mass is 10.1. The maximum Gasteiger partial charge on any atom is 0.146 e. The molecular formula is C15H24FN3. The van der Waals surface area contributed by atoms with Crippen LogP contribution in [-0.2, 0) is 6.54 Å². The standard InChI is InChI=1S/C15H24FN3/c1-12-11-18(3)8-5-9-19(12)15-13(10-17-2)6-4-7-14(15)16/h4,6-7,12,17H,5,8-11H2,1-3H3. The van der Waals surface area contributed by atoms with Crippen molar-refractivity contribution in [3.05, 3.63) is 29.6 Å². The molecule has 0 radical (unpaired) electrons. The molecule has 0 aliphatic carbocycles. The fraction of sp³-hybridized carbons (Fsp3) is 0.600. The molecule has 3 nitrogen and oxygen atoms in total. The molecule has 1 unspecified atom stereocenters. The molecule has 0 saturated carbocycles. The number of para-hydroxylation sites is 1. The largest absolute Gasteiger partial charge is 0.365 e. The van der Waals surface area contributed by atoms with Crippen LogP contribution in [0.4, 0.5) is 10.1 Å². The maximum absolute atomic E-state index is 14.3. The van der Waals surface area contributed by atoms with Gasteiger partial charge in [-0.25, -0.2) is 4.39 Å². The predicted octanol–water partition coefficient (Wildman–Crippen LogP) is 2.08. The molecule has 1 fully saturated rings. The normalized spacial score (nSPS) is 21.5. The molecule has 1 heterocycles. The van der Waals surface area contributed by atoms with Crippen molar-refractivity contribution in [2.24, 2.45) is 0 Å². The molecule has 1 saturated heterocycles. The Hall–Kier alpha value is -1.13. The molecule has 19 heavy (non-hydrogen) atoms. The molecular weight excluding hydrogens is 241 g/mol. The van der Waals surface area contributed by atoms with E-state index in [2.05, 4.69) is 29.1 Å². The van der Waals surface area contributed by atoms with E-state index < -0.39 is 0 Å². The Bertz CT molecular complexity index is 422. The van der Waals surface area contributed by atoms with Crippen molar-refractivity contribution in [2.45, 2.75) is 25.9 Å². The Morgan fingerprint density at radius 2 is 2.16 bits per heavy atom. The monoisotopic (exact) mass is 265 g/mol. The summed E-state index contributed by atoms with van der Waals surface area (Å²) in [7, 11) is 4.03. The van der Waals surface area contributed by atoms with E-state index >= 15 is 0 Å². The van der Waals surface area contributed by atoms with Crippen LogP contribution in [0.15, 0.2) is 18.2 Å². The zero-order valence-electron chi connectivity index (χ0n) is 12.1. The van der Waals surface area contributed by atoms with Crippen LogP contribution in [0.3, 0.4) is 0 Å². The second-order valence-corrected chi connectivity index (χ2v) is 5.44. The van der Waals surface area contributed by atoms with E-state index in [1.54, 1.807) is 12.1 Å². The van der Waals surface area contributed by atoms with Crippen molar-refractivity contribution >= 4 is 5.69 Å². The van der Waals surface area contributed by atoms with Crippen LogP contribution in [-0.4, -0.2) is 44.7 Å². The summed E-state index contributed by atoms with van der Waals surface area (Å²) in [6, 6.07) is 5.70. The molecule has 106 valence electrons. The minimum atomic E-state index is -0.107. The van der Waals surface area contributed by atoms with Crippen LogP contribution in [0.25, 0.3) is 0 Å². The first kappa shape index (κ1) is 14.3. The molecule has 4 heteroatoms. The number of hydrogen-bond acceptors (Lipinski definition) is 3. The fourth-order valence-electron chi connectivity index (χ4n) is 2.92. The van der Waals surface area contributed by atoms with E-state index in [-0.39, 0.29) is 5.82 Å². The van der Waals surface area contributed by atoms with Crippen molar-refractivity contribution < 1.29 is 4.39 Å². The maximum atomic E-state index is 14.3. The number of benzene rings is 1. The van der Waals surface area contributed by atoms with Gasteiger partial charge in [-0.05, 0) is 45.6 Å². The van der Waals surface area contributed by atoms with E-state index in [0.29, 0.717) is 12.6 Å². The highest BCUT2D eigenvalue weighted by Crippen LogP contribution is 2.28. The Labute approximate surface area is 115 Å². The Balaban J connectivity index is 2.33. The van der Waals surface area contributed by atoms with Crippen molar-refractivity contribution in [2.75, 3.05) is 38.6 Å². The van der Waals surface area contributed by atoms with Crippen molar-refractivity contribution in [3.8, 4) is 0 Å². The average Bonchev–Trinajstić information content (AvgIpc) is 2.51. The van der Waals surface area contributed by atoms with Gasteiger partial charge in [0.15, 0.2) is 0 Å². The minimum Gasteiger partial charge on any atom is -0.365 e. The number of rotatable bonds is 3. The van der Waals surface area contributed by atoms with Gasteiger partial charge in [0.2, 0.25) is 0 Å². The first-order chi connectivity index (χ1) is 9.13. The Kier molecular flexibility index (Phi) is 4.77. The average molecular weight is 265 g/mol. The predicted molar refractivity (Wildman–Crippen MR) is 78.1 cm³/mol. The van der Waals surface area contributed by atoms with Gasteiger partial charge < -0.3 is 15.1 Å². The molecule has 1 aromatic carbocycles. The van der Waals surface area contributed by atoms with Crippen LogP contribution in [0, 0.1) is 5.82 Å². The van der Waals surface area contributed by atoms with E-state index in [9.17, 15) is 4.39 Å². The molecule has 1 atom stereocenters. The number of halogens is 1. The molecule has 0 amide bonds. The van der Waals surface area contributed by atoms with E-state index in [0.717, 1.165) is 37.3 Å². The Morgan fingerprint density at radius 1 is 1.37 bits per heavy atom. The van der Waals surface area contributed by atoms with Crippen LogP contribution >= 0.6 is 0 Å². The number of hydrogen-bond donors (Lipinski definition) is 1. The highest BCUT2D eigenvalue weighted by Gasteiger charge is 2.24. The van der Waals surface area contributed by atoms with Crippen molar-refractivity contribution in [3.63, 3.8) is 0 Å². The van der Waals surface area contributed by atoms with Crippen LogP contribution < -0.4 is 10.2 Å². The van der Waals surface area contributed by atoms with Gasteiger partial charge in [-0.1, -0.05) is 12.1 Å². The summed E-state index contributed by atoms with van der Waals surface area (Å²) in [6.07, 6.45) is 1.08. The van der Waals surface area contributed by atoms with E-state index in [1.807, 2.05) is 13.1 Å². The minimum absolute atomic E-state index is 0.107. The van der Waals surface area contributed by atoms with Gasteiger partial charge in [0.25, 0.3) is 0 Å². The lowest BCUT2D eigenvalue weighted by molar-refractivity contribution is 0.337. The third kappa shape index (κ3) is 3.25. The SMILES string of the molecule is CNCc1cccc(F)c1N1CCCN(C)CC1C. The van der Waals surface area contributed by atoms with Gasteiger partial charge in [0.05, 0.1) is 5.69 Å². The summed E-state index contributed by atoms with van der Waals surface area (Å²) >= 11 is 0. The molecule has 1 N–H and O–H groups in total. The van der Waals surface area contributed by atoms with Gasteiger partial charge in [-0.2, -0.15) is 0 Å². The number of likely N-dealkylation sites (N-methyl/N-ethyl adjacent to an activating group) is 1. The van der Waals surface area contributed by atoms with Crippen molar-refractivity contribution in [1.82, 2.24) is 10.2 Å². The molecule has 2 rings (SSSR count). The fourth-order valence-corrected chi connectivity index (χ4v) is 2.92. The number of nitrogens with zero attached hydrogens (tertiary/aromatic N) is 2. The topological polar surface area (TPSA) is 18.5 Å². The third-order valence-electron chi connectivity index (χ3n) is 3.77. The van der Waals surface area contributed by atoms with Gasteiger partial charge >= 0.3 is 0 Å². The lowest BCUT2D eigenvalue weighted by Gasteiger charge is -2.32. The summed E-state index contributed by atoms with van der Waals surface area (Å²) in [5.41, 5.74) is 1.82. The molecule has 0 aromatic heterocycles. The summed E-state index contributed by atoms with van der Waals surface area (Å²) in [5, 5.41) is 3.13. The third-order valence-corrected chi connectivity index (χ3v) is 3.77. The lowest BCUT2D eigenvalue weighted by Crippen LogP contribution is -2.39. The van der Waals surface area contributed by atoms with Crippen molar-refractivity contribution in [1.29, 1.82) is 0 Å². The van der Waals surface area contributed by atoms with Gasteiger partial charge in [0.1, 0.15) is 5.82 Å². The molecule has 0 bridgehead atoms. The van der Waals surface area contributed by atoms with Crippen LogP contribution in [0.1, 0.15) is 18.9 Å². The van der Waals surface area contributed by atoms with Gasteiger partial charge in [0, 0.05) is 25.7 Å². The zero-order chi connectivity index (χ0) is 13.8. The second-order valence-electron chi connectivity index (χ2n) is 5.44. The van der Waals surface area contributed by atoms with Gasteiger partial charge in [-0.15, -0.1) is 0 Å². The molecule has 1 aliphatic rings. The summed E-state index contributed by atoms with van der Waals surface area (Å²) in [5.74, 6) is -0.107. The highest BCUT2D eigenvalue weighted by atomic mass is 19.1. The first-order valence-electron chi connectivity index (χ1n) is 7.00. The summed E-state index contributed by atoms with van der Waals surface area (Å²) in [6.45, 7) is 5.86. The zero-order valence-corrected chi connectivity index (χ0v) is 12.1. The summed E-state index contributed by atoms with van der Waals surface area (Å²) < 4.78 is 14.3. The second kappa shape index (κ2) is 6.35. The first-order valence-corrected chi connectivity index (χ1v) is 7.00. The quantitative estimate of drug-likeness (QED) is 0.902.